The number of hydrogen-bond donors (Lipinski definition) is 0. The van der Waals surface area contributed by atoms with Crippen molar-refractivity contribution in [1.82, 2.24) is 0 Å². The number of benzene rings is 1. The Balaban J connectivity index is 2.05. The maximum Gasteiger partial charge on any atom is 0.573 e. The van der Waals surface area contributed by atoms with Gasteiger partial charge in [0.2, 0.25) is 0 Å². The summed E-state index contributed by atoms with van der Waals surface area (Å²) in [6.45, 7) is 0. The van der Waals surface area contributed by atoms with E-state index in [-0.39, 0.29) is 17.2 Å². The quantitative estimate of drug-likeness (QED) is 0.768. The monoisotopic (exact) mass is 270 g/mol. The highest BCUT2D eigenvalue weighted by molar-refractivity contribution is 5.81. The average molecular weight is 270 g/mol. The smallest absolute Gasteiger partial charge is 0.405 e. The van der Waals surface area contributed by atoms with Crippen LogP contribution in [0, 0.1) is 0 Å². The van der Waals surface area contributed by atoms with E-state index in [4.69, 9.17) is 0 Å². The number of alkyl halides is 3. The first-order valence-electron chi connectivity index (χ1n) is 6.36. The van der Waals surface area contributed by atoms with Crippen LogP contribution < -0.4 is 4.74 Å². The van der Waals surface area contributed by atoms with Gasteiger partial charge >= 0.3 is 6.36 Å². The largest absolute Gasteiger partial charge is 0.573 e. The molecule has 5 heteroatoms. The van der Waals surface area contributed by atoms with Gasteiger partial charge in [-0.1, -0.05) is 6.07 Å². The highest BCUT2D eigenvalue weighted by Gasteiger charge is 2.37. The summed E-state index contributed by atoms with van der Waals surface area (Å²) < 4.78 is 41.4. The molecular weight excluding hydrogens is 257 g/mol. The van der Waals surface area contributed by atoms with Gasteiger partial charge in [-0.3, -0.25) is 4.79 Å². The van der Waals surface area contributed by atoms with Crippen LogP contribution in [-0.4, -0.2) is 12.6 Å². The fourth-order valence-electron chi connectivity index (χ4n) is 2.37. The van der Waals surface area contributed by atoms with Gasteiger partial charge in [0.15, 0.2) is 6.29 Å². The normalized spacial score (nSPS) is 19.3. The molecule has 0 radical (unpaired) electrons. The van der Waals surface area contributed by atoms with E-state index in [0.29, 0.717) is 17.8 Å². The lowest BCUT2D eigenvalue weighted by Crippen LogP contribution is -2.19. The Morgan fingerprint density at radius 3 is 2.21 bits per heavy atom. The third-order valence-electron chi connectivity index (χ3n) is 3.58. The average Bonchev–Trinajstić information content (AvgIpc) is 3.17. The molecule has 0 atom stereocenters. The fraction of sp³-hybridized carbons (Fsp3) is 0.500. The molecule has 0 amide bonds. The van der Waals surface area contributed by atoms with Gasteiger partial charge in [0.05, 0.1) is 5.56 Å². The SMILES string of the molecule is O=Cc1cc(C2CC2)cc(C2CC2)c1OC(F)(F)F. The molecular formula is C14H13F3O2. The summed E-state index contributed by atoms with van der Waals surface area (Å²) >= 11 is 0. The number of halogens is 3. The van der Waals surface area contributed by atoms with Gasteiger partial charge < -0.3 is 4.74 Å². The fourth-order valence-corrected chi connectivity index (χ4v) is 2.37. The molecule has 102 valence electrons. The van der Waals surface area contributed by atoms with E-state index in [1.807, 2.05) is 0 Å². The minimum Gasteiger partial charge on any atom is -0.405 e. The second-order valence-electron chi connectivity index (χ2n) is 5.24. The van der Waals surface area contributed by atoms with Gasteiger partial charge in [0.1, 0.15) is 5.75 Å². The Labute approximate surface area is 108 Å². The van der Waals surface area contributed by atoms with Gasteiger partial charge in [0, 0.05) is 0 Å². The summed E-state index contributed by atoms with van der Waals surface area (Å²) in [6, 6.07) is 3.33. The van der Waals surface area contributed by atoms with Crippen molar-refractivity contribution in [3.8, 4) is 5.75 Å². The van der Waals surface area contributed by atoms with Crippen molar-refractivity contribution in [2.45, 2.75) is 43.9 Å². The van der Waals surface area contributed by atoms with Crippen LogP contribution in [0.5, 0.6) is 5.75 Å². The van der Waals surface area contributed by atoms with Gasteiger partial charge in [-0.05, 0) is 54.7 Å². The highest BCUT2D eigenvalue weighted by Crippen LogP contribution is 2.49. The molecule has 0 aromatic heterocycles. The zero-order valence-electron chi connectivity index (χ0n) is 10.2. The van der Waals surface area contributed by atoms with Gasteiger partial charge in [-0.25, -0.2) is 0 Å². The van der Waals surface area contributed by atoms with E-state index in [9.17, 15) is 18.0 Å². The topological polar surface area (TPSA) is 26.3 Å². The molecule has 1 aromatic carbocycles. The van der Waals surface area contributed by atoms with Crippen molar-refractivity contribution in [1.29, 1.82) is 0 Å². The van der Waals surface area contributed by atoms with Crippen LogP contribution >= 0.6 is 0 Å². The molecule has 0 bridgehead atoms. The van der Waals surface area contributed by atoms with Crippen molar-refractivity contribution in [2.75, 3.05) is 0 Å². The lowest BCUT2D eigenvalue weighted by atomic mass is 9.99. The first-order valence-corrected chi connectivity index (χ1v) is 6.36. The Bertz CT molecular complexity index is 514. The van der Waals surface area contributed by atoms with Crippen LogP contribution in [-0.2, 0) is 0 Å². The standard InChI is InChI=1S/C14H13F3O2/c15-14(16,17)19-13-11(7-18)5-10(8-1-2-8)6-12(13)9-3-4-9/h5-9H,1-4H2. The molecule has 0 saturated heterocycles. The van der Waals surface area contributed by atoms with Crippen LogP contribution in [0.25, 0.3) is 0 Å². The van der Waals surface area contributed by atoms with Crippen molar-refractivity contribution in [3.63, 3.8) is 0 Å². The lowest BCUT2D eigenvalue weighted by molar-refractivity contribution is -0.275. The lowest BCUT2D eigenvalue weighted by Gasteiger charge is -2.16. The molecule has 2 saturated carbocycles. The molecule has 2 nitrogen and oxygen atoms in total. The van der Waals surface area contributed by atoms with Crippen molar-refractivity contribution >= 4 is 6.29 Å². The second-order valence-corrected chi connectivity index (χ2v) is 5.24. The number of aldehydes is 1. The Morgan fingerprint density at radius 2 is 1.74 bits per heavy atom. The number of ether oxygens (including phenoxy) is 1. The van der Waals surface area contributed by atoms with Crippen LogP contribution in [0.3, 0.4) is 0 Å². The summed E-state index contributed by atoms with van der Waals surface area (Å²) in [7, 11) is 0. The maximum absolute atomic E-state index is 12.5. The van der Waals surface area contributed by atoms with Crippen LogP contribution in [0.1, 0.15) is 59.0 Å². The predicted molar refractivity (Wildman–Crippen MR) is 62.5 cm³/mol. The van der Waals surface area contributed by atoms with E-state index in [1.165, 1.54) is 6.07 Å². The Morgan fingerprint density at radius 1 is 1.11 bits per heavy atom. The van der Waals surface area contributed by atoms with E-state index in [2.05, 4.69) is 4.74 Å². The molecule has 0 heterocycles. The minimum absolute atomic E-state index is 0.0172. The molecule has 0 unspecified atom stereocenters. The van der Waals surface area contributed by atoms with Gasteiger partial charge in [0.25, 0.3) is 0 Å². The minimum atomic E-state index is -4.76. The summed E-state index contributed by atoms with van der Waals surface area (Å²) in [4.78, 5) is 11.1. The van der Waals surface area contributed by atoms with Gasteiger partial charge in [-0.15, -0.1) is 13.2 Å². The molecule has 19 heavy (non-hydrogen) atoms. The third kappa shape index (κ3) is 2.74. The number of rotatable bonds is 4. The molecule has 3 rings (SSSR count). The van der Waals surface area contributed by atoms with E-state index in [1.54, 1.807) is 6.07 Å². The van der Waals surface area contributed by atoms with Crippen molar-refractivity contribution in [3.05, 3.63) is 28.8 Å². The van der Waals surface area contributed by atoms with E-state index >= 15 is 0 Å². The summed E-state index contributed by atoms with van der Waals surface area (Å²) in [5.74, 6) is 0.209. The van der Waals surface area contributed by atoms with Crippen molar-refractivity contribution in [2.24, 2.45) is 0 Å². The highest BCUT2D eigenvalue weighted by atomic mass is 19.4. The molecule has 1 aromatic rings. The Hall–Kier alpha value is -1.52. The first kappa shape index (κ1) is 12.5. The molecule has 0 spiro atoms. The van der Waals surface area contributed by atoms with Crippen LogP contribution in [0.15, 0.2) is 12.1 Å². The van der Waals surface area contributed by atoms with Crippen LogP contribution in [0.2, 0.25) is 0 Å². The van der Waals surface area contributed by atoms with E-state index in [0.717, 1.165) is 31.2 Å². The third-order valence-corrected chi connectivity index (χ3v) is 3.58. The molecule has 0 aliphatic heterocycles. The second kappa shape index (κ2) is 4.25. The summed E-state index contributed by atoms with van der Waals surface area (Å²) in [6.07, 6.45) is -0.494. The van der Waals surface area contributed by atoms with Crippen LogP contribution in [0.4, 0.5) is 13.2 Å². The molecule has 2 fully saturated rings. The number of carbonyl (C=O) groups excluding carboxylic acids is 1. The Kier molecular flexibility index (Phi) is 2.80. The molecule has 2 aliphatic carbocycles. The molecule has 2 aliphatic rings. The summed E-state index contributed by atoms with van der Waals surface area (Å²) in [5, 5.41) is 0. The maximum atomic E-state index is 12.5. The predicted octanol–water partition coefficient (Wildman–Crippen LogP) is 4.15. The zero-order chi connectivity index (χ0) is 13.6. The van der Waals surface area contributed by atoms with Crippen molar-refractivity contribution < 1.29 is 22.7 Å². The first-order chi connectivity index (χ1) is 8.98. The summed E-state index contributed by atoms with van der Waals surface area (Å²) in [5.41, 5.74) is 1.53. The van der Waals surface area contributed by atoms with E-state index < -0.39 is 6.36 Å². The van der Waals surface area contributed by atoms with Gasteiger partial charge in [-0.2, -0.15) is 0 Å². The zero-order valence-corrected chi connectivity index (χ0v) is 10.2. The number of hydrogen-bond acceptors (Lipinski definition) is 2. The number of carbonyl (C=O) groups is 1. The molecule has 0 N–H and O–H groups in total.